The Balaban J connectivity index is 1.35. The first kappa shape index (κ1) is 32.9. The second kappa shape index (κ2) is 14.1. The fraction of sp³-hybridized carbons (Fsp3) is 0.314. The van der Waals surface area contributed by atoms with Crippen molar-refractivity contribution in [2.24, 2.45) is 0 Å². The minimum atomic E-state index is -4.06. The number of hydrogen-bond acceptors (Lipinski definition) is 12. The van der Waals surface area contributed by atoms with Gasteiger partial charge in [-0.05, 0) is 68.5 Å². The average molecular weight is 700 g/mol. The molecular weight excluding hydrogens is 663 g/mol. The number of benzene rings is 2. The molecule has 3 N–H and O–H groups in total. The topological polar surface area (TPSA) is 153 Å². The highest BCUT2D eigenvalue weighted by atomic mass is 32.2. The number of aromatic nitrogens is 5. The fourth-order valence-corrected chi connectivity index (χ4v) is 8.04. The highest BCUT2D eigenvalue weighted by Crippen LogP contribution is 2.38. The summed E-state index contributed by atoms with van der Waals surface area (Å²) in [5, 5.41) is 17.8. The molecule has 5 heterocycles. The Labute approximate surface area is 288 Å². The number of hydrogen-bond donors (Lipinski definition) is 3. The van der Waals surface area contributed by atoms with Crippen molar-refractivity contribution in [1.82, 2.24) is 23.9 Å². The van der Waals surface area contributed by atoms with E-state index in [1.807, 2.05) is 37.4 Å². The van der Waals surface area contributed by atoms with Gasteiger partial charge in [0.2, 0.25) is 5.95 Å². The van der Waals surface area contributed by atoms with Crippen molar-refractivity contribution in [1.29, 1.82) is 0 Å². The van der Waals surface area contributed by atoms with Gasteiger partial charge in [-0.2, -0.15) is 9.97 Å². The van der Waals surface area contributed by atoms with E-state index < -0.39 is 10.0 Å². The number of ether oxygens (including phenoxy) is 2. The monoisotopic (exact) mass is 699 g/mol. The zero-order valence-electron chi connectivity index (χ0n) is 27.2. The average Bonchev–Trinajstić information content (AvgIpc) is 3.75. The van der Waals surface area contributed by atoms with E-state index in [2.05, 4.69) is 25.6 Å². The number of aryl methyl sites for hydroxylation is 2. The van der Waals surface area contributed by atoms with Gasteiger partial charge in [-0.1, -0.05) is 23.8 Å². The van der Waals surface area contributed by atoms with Gasteiger partial charge < -0.3 is 25.2 Å². The summed E-state index contributed by atoms with van der Waals surface area (Å²) >= 11 is 1.56. The SMILES string of the molecule is CNc1nc(NCc2ncc(CCCO)s2)c2c(-c3ccc4ncc(OC5CCCCO5)cc4c3)cn(S(=O)(=O)c3ccc(C)cc3)c2n1. The summed E-state index contributed by atoms with van der Waals surface area (Å²) in [4.78, 5) is 19.8. The van der Waals surface area contributed by atoms with Crippen molar-refractivity contribution in [2.75, 3.05) is 30.9 Å². The number of anilines is 2. The number of aliphatic hydroxyl groups is 1. The summed E-state index contributed by atoms with van der Waals surface area (Å²) in [6, 6.07) is 14.5. The second-order valence-electron chi connectivity index (χ2n) is 11.9. The van der Waals surface area contributed by atoms with Crippen LogP contribution in [0.25, 0.3) is 33.1 Å². The van der Waals surface area contributed by atoms with E-state index in [-0.39, 0.29) is 29.4 Å². The molecule has 4 aromatic heterocycles. The van der Waals surface area contributed by atoms with Crippen molar-refractivity contribution >= 4 is 55.1 Å². The molecule has 0 radical (unpaired) electrons. The summed E-state index contributed by atoms with van der Waals surface area (Å²) in [5.41, 5.74) is 3.33. The molecule has 7 rings (SSSR count). The van der Waals surface area contributed by atoms with Crippen molar-refractivity contribution in [3.05, 3.63) is 82.6 Å². The van der Waals surface area contributed by atoms with Gasteiger partial charge in [-0.3, -0.25) is 4.98 Å². The number of nitrogens with zero attached hydrogens (tertiary/aromatic N) is 5. The maximum Gasteiger partial charge on any atom is 0.269 e. The van der Waals surface area contributed by atoms with Crippen LogP contribution in [0.2, 0.25) is 0 Å². The Kier molecular flexibility index (Phi) is 9.45. The molecule has 1 unspecified atom stereocenters. The molecule has 1 saturated heterocycles. The van der Waals surface area contributed by atoms with Gasteiger partial charge in [0.25, 0.3) is 10.0 Å². The number of rotatable bonds is 12. The van der Waals surface area contributed by atoms with E-state index in [0.717, 1.165) is 57.6 Å². The van der Waals surface area contributed by atoms with Crippen LogP contribution in [-0.2, 0) is 27.7 Å². The zero-order chi connectivity index (χ0) is 34.0. The van der Waals surface area contributed by atoms with Crippen LogP contribution in [-0.4, -0.2) is 64.0 Å². The summed E-state index contributed by atoms with van der Waals surface area (Å²) < 4.78 is 41.6. The predicted octanol–water partition coefficient (Wildman–Crippen LogP) is 6.13. The maximum atomic E-state index is 14.2. The van der Waals surface area contributed by atoms with Gasteiger partial charge in [0, 0.05) is 48.3 Å². The third kappa shape index (κ3) is 6.95. The van der Waals surface area contributed by atoms with Gasteiger partial charge >= 0.3 is 0 Å². The van der Waals surface area contributed by atoms with Crippen LogP contribution in [0, 0.1) is 6.92 Å². The number of fused-ring (bicyclic) bond motifs is 2. The standard InChI is InChI=1S/C35H37N7O5S2/c1-22-8-11-27(12-9-22)49(44,45)42-21-28(23-10-13-29-24(16-23)17-25(18-37-29)47-31-7-3-4-15-46-31)32-33(40-35(36-2)41-34(32)42)39-20-30-38-19-26(48-30)6-5-14-43/h8-13,16-19,21,31,43H,3-7,14-15,20H2,1-2H3,(H2,36,39,40,41). The Morgan fingerprint density at radius 2 is 1.94 bits per heavy atom. The number of thiazole rings is 1. The molecule has 1 aliphatic rings. The maximum absolute atomic E-state index is 14.2. The molecule has 254 valence electrons. The van der Waals surface area contributed by atoms with Crippen LogP contribution in [0.1, 0.15) is 41.1 Å². The molecule has 14 heteroatoms. The van der Waals surface area contributed by atoms with Gasteiger partial charge in [0.1, 0.15) is 16.6 Å². The van der Waals surface area contributed by atoms with Crippen LogP contribution < -0.4 is 15.4 Å². The normalized spacial score (nSPS) is 15.1. The van der Waals surface area contributed by atoms with Crippen LogP contribution in [0.5, 0.6) is 5.75 Å². The first-order valence-corrected chi connectivity index (χ1v) is 18.5. The van der Waals surface area contributed by atoms with Crippen molar-refractivity contribution in [2.45, 2.75) is 56.8 Å². The van der Waals surface area contributed by atoms with Gasteiger partial charge in [0.05, 0.1) is 35.1 Å². The van der Waals surface area contributed by atoms with E-state index in [1.54, 1.807) is 55.0 Å². The summed E-state index contributed by atoms with van der Waals surface area (Å²) in [6.07, 6.45) is 9.14. The lowest BCUT2D eigenvalue weighted by atomic mass is 10.0. The Bertz CT molecular complexity index is 2210. The third-order valence-electron chi connectivity index (χ3n) is 8.38. The van der Waals surface area contributed by atoms with Crippen LogP contribution >= 0.6 is 11.3 Å². The van der Waals surface area contributed by atoms with E-state index in [0.29, 0.717) is 42.1 Å². The summed E-state index contributed by atoms with van der Waals surface area (Å²) in [7, 11) is -2.36. The van der Waals surface area contributed by atoms with E-state index in [9.17, 15) is 13.5 Å². The minimum Gasteiger partial charge on any atom is -0.463 e. The molecule has 1 atom stereocenters. The van der Waals surface area contributed by atoms with Gasteiger partial charge in [-0.25, -0.2) is 17.4 Å². The molecule has 0 bridgehead atoms. The smallest absolute Gasteiger partial charge is 0.269 e. The van der Waals surface area contributed by atoms with Crippen molar-refractivity contribution in [3.8, 4) is 16.9 Å². The molecule has 49 heavy (non-hydrogen) atoms. The molecule has 1 fully saturated rings. The molecule has 0 aliphatic carbocycles. The molecule has 2 aromatic carbocycles. The van der Waals surface area contributed by atoms with Crippen LogP contribution in [0.4, 0.5) is 11.8 Å². The number of aliphatic hydroxyl groups excluding tert-OH is 1. The molecule has 0 amide bonds. The molecule has 6 aromatic rings. The largest absolute Gasteiger partial charge is 0.463 e. The Hall–Kier alpha value is -4.63. The summed E-state index contributed by atoms with van der Waals surface area (Å²) in [6.45, 7) is 3.07. The Morgan fingerprint density at radius 1 is 1.08 bits per heavy atom. The molecule has 12 nitrogen and oxygen atoms in total. The molecule has 0 spiro atoms. The summed E-state index contributed by atoms with van der Waals surface area (Å²) in [5.74, 6) is 1.32. The number of pyridine rings is 1. The number of nitrogens with one attached hydrogen (secondary N) is 2. The molecular formula is C35H37N7O5S2. The first-order chi connectivity index (χ1) is 23.8. The van der Waals surface area contributed by atoms with Gasteiger partial charge in [0.15, 0.2) is 11.9 Å². The van der Waals surface area contributed by atoms with Crippen molar-refractivity contribution in [3.63, 3.8) is 0 Å². The second-order valence-corrected chi connectivity index (χ2v) is 14.9. The third-order valence-corrected chi connectivity index (χ3v) is 11.1. The lowest BCUT2D eigenvalue weighted by Crippen LogP contribution is -2.24. The van der Waals surface area contributed by atoms with Crippen molar-refractivity contribution < 1.29 is 23.0 Å². The lowest BCUT2D eigenvalue weighted by molar-refractivity contribution is -0.106. The fourth-order valence-electron chi connectivity index (χ4n) is 5.82. The highest BCUT2D eigenvalue weighted by Gasteiger charge is 2.26. The quantitative estimate of drug-likeness (QED) is 0.135. The van der Waals surface area contributed by atoms with Gasteiger partial charge in [-0.15, -0.1) is 11.3 Å². The minimum absolute atomic E-state index is 0.122. The lowest BCUT2D eigenvalue weighted by Gasteiger charge is -2.23. The van der Waals surface area contributed by atoms with E-state index in [1.165, 1.54) is 3.97 Å². The predicted molar refractivity (Wildman–Crippen MR) is 191 cm³/mol. The van der Waals surface area contributed by atoms with Crippen LogP contribution in [0.3, 0.4) is 0 Å². The van der Waals surface area contributed by atoms with Crippen LogP contribution in [0.15, 0.2) is 72.0 Å². The molecule has 1 aliphatic heterocycles. The molecule has 0 saturated carbocycles. The Morgan fingerprint density at radius 3 is 2.71 bits per heavy atom. The highest BCUT2D eigenvalue weighted by molar-refractivity contribution is 7.90. The zero-order valence-corrected chi connectivity index (χ0v) is 28.9. The van der Waals surface area contributed by atoms with E-state index in [4.69, 9.17) is 14.5 Å². The first-order valence-electron chi connectivity index (χ1n) is 16.2. The van der Waals surface area contributed by atoms with E-state index >= 15 is 0 Å².